The SMILES string of the molecule is CCNC(c1cc2ccccc2o1)c1ccc(Br)s1. The normalized spacial score (nSPS) is 12.9. The van der Waals surface area contributed by atoms with Gasteiger partial charge < -0.3 is 9.73 Å². The molecule has 1 aromatic carbocycles. The van der Waals surface area contributed by atoms with Crippen LogP contribution in [-0.2, 0) is 0 Å². The molecule has 0 saturated carbocycles. The van der Waals surface area contributed by atoms with Crippen LogP contribution in [0.5, 0.6) is 0 Å². The molecular weight excluding hydrogens is 322 g/mol. The number of furan rings is 1. The Bertz CT molecular complexity index is 655. The van der Waals surface area contributed by atoms with E-state index in [1.807, 2.05) is 18.2 Å². The summed E-state index contributed by atoms with van der Waals surface area (Å²) in [6.07, 6.45) is 0. The van der Waals surface area contributed by atoms with E-state index in [2.05, 4.69) is 52.4 Å². The fourth-order valence-electron chi connectivity index (χ4n) is 2.17. The molecule has 4 heteroatoms. The zero-order chi connectivity index (χ0) is 13.2. The third-order valence-electron chi connectivity index (χ3n) is 3.02. The summed E-state index contributed by atoms with van der Waals surface area (Å²) in [5.74, 6) is 0.970. The number of thiophene rings is 1. The van der Waals surface area contributed by atoms with Crippen LogP contribution in [0.1, 0.15) is 23.6 Å². The van der Waals surface area contributed by atoms with Crippen molar-refractivity contribution in [2.24, 2.45) is 0 Å². The van der Waals surface area contributed by atoms with Gasteiger partial charge in [0.25, 0.3) is 0 Å². The van der Waals surface area contributed by atoms with E-state index in [9.17, 15) is 0 Å². The standard InChI is InChI=1S/C15H14BrNOS/c1-2-17-15(13-7-8-14(16)19-13)12-9-10-5-3-4-6-11(10)18-12/h3-9,15,17H,2H2,1H3. The second-order valence-electron chi connectivity index (χ2n) is 4.32. The van der Waals surface area contributed by atoms with Crippen molar-refractivity contribution in [1.29, 1.82) is 0 Å². The third kappa shape index (κ3) is 2.61. The van der Waals surface area contributed by atoms with Crippen molar-refractivity contribution in [2.45, 2.75) is 13.0 Å². The number of rotatable bonds is 4. The Morgan fingerprint density at radius 3 is 2.79 bits per heavy atom. The van der Waals surface area contributed by atoms with Gasteiger partial charge in [0.2, 0.25) is 0 Å². The van der Waals surface area contributed by atoms with Gasteiger partial charge in [-0.2, -0.15) is 0 Å². The van der Waals surface area contributed by atoms with Crippen LogP contribution in [0, 0.1) is 0 Å². The molecule has 0 fully saturated rings. The minimum Gasteiger partial charge on any atom is -0.459 e. The van der Waals surface area contributed by atoms with Crippen molar-refractivity contribution in [3.05, 3.63) is 56.9 Å². The second-order valence-corrected chi connectivity index (χ2v) is 6.81. The van der Waals surface area contributed by atoms with E-state index in [0.29, 0.717) is 0 Å². The monoisotopic (exact) mass is 335 g/mol. The lowest BCUT2D eigenvalue weighted by Gasteiger charge is -2.13. The van der Waals surface area contributed by atoms with Crippen LogP contribution in [0.4, 0.5) is 0 Å². The molecule has 1 unspecified atom stereocenters. The van der Waals surface area contributed by atoms with Crippen LogP contribution >= 0.6 is 27.3 Å². The summed E-state index contributed by atoms with van der Waals surface area (Å²) >= 11 is 5.25. The molecule has 19 heavy (non-hydrogen) atoms. The smallest absolute Gasteiger partial charge is 0.134 e. The van der Waals surface area contributed by atoms with Crippen LogP contribution in [0.25, 0.3) is 11.0 Å². The van der Waals surface area contributed by atoms with Crippen molar-refractivity contribution in [3.8, 4) is 0 Å². The molecule has 0 bridgehead atoms. The Morgan fingerprint density at radius 2 is 2.11 bits per heavy atom. The highest BCUT2D eigenvalue weighted by molar-refractivity contribution is 9.11. The summed E-state index contributed by atoms with van der Waals surface area (Å²) < 4.78 is 7.12. The van der Waals surface area contributed by atoms with Crippen molar-refractivity contribution < 1.29 is 4.42 Å². The molecule has 2 aromatic heterocycles. The van der Waals surface area contributed by atoms with Gasteiger partial charge in [0.1, 0.15) is 17.4 Å². The van der Waals surface area contributed by atoms with E-state index in [0.717, 1.165) is 27.1 Å². The first kappa shape index (κ1) is 12.9. The van der Waals surface area contributed by atoms with E-state index in [1.165, 1.54) is 4.88 Å². The molecule has 0 aliphatic carbocycles. The first-order valence-corrected chi connectivity index (χ1v) is 7.86. The molecule has 0 amide bonds. The Morgan fingerprint density at radius 1 is 1.26 bits per heavy atom. The minimum atomic E-state index is 0.119. The fraction of sp³-hybridized carbons (Fsp3) is 0.200. The summed E-state index contributed by atoms with van der Waals surface area (Å²) in [7, 11) is 0. The predicted molar refractivity (Wildman–Crippen MR) is 83.8 cm³/mol. The van der Waals surface area contributed by atoms with E-state index in [4.69, 9.17) is 4.42 Å². The summed E-state index contributed by atoms with van der Waals surface area (Å²) in [6, 6.07) is 14.6. The summed E-state index contributed by atoms with van der Waals surface area (Å²) in [5.41, 5.74) is 0.941. The molecule has 1 N–H and O–H groups in total. The van der Waals surface area contributed by atoms with Crippen molar-refractivity contribution in [3.63, 3.8) is 0 Å². The Kier molecular flexibility index (Phi) is 3.73. The summed E-state index contributed by atoms with van der Waals surface area (Å²) in [6.45, 7) is 3.01. The maximum atomic E-state index is 5.98. The number of benzene rings is 1. The molecule has 2 heterocycles. The van der Waals surface area contributed by atoms with Crippen LogP contribution in [-0.4, -0.2) is 6.54 Å². The molecule has 3 aromatic rings. The lowest BCUT2D eigenvalue weighted by atomic mass is 10.1. The van der Waals surface area contributed by atoms with Gasteiger partial charge >= 0.3 is 0 Å². The van der Waals surface area contributed by atoms with Crippen LogP contribution in [0.2, 0.25) is 0 Å². The molecule has 3 rings (SSSR count). The molecule has 98 valence electrons. The van der Waals surface area contributed by atoms with Crippen LogP contribution in [0.15, 0.2) is 50.7 Å². The molecular formula is C15H14BrNOS. The summed E-state index contributed by atoms with van der Waals surface area (Å²) in [4.78, 5) is 1.26. The molecule has 0 aliphatic heterocycles. The van der Waals surface area contributed by atoms with Gasteiger partial charge in [0, 0.05) is 10.3 Å². The van der Waals surface area contributed by atoms with Gasteiger partial charge in [-0.1, -0.05) is 25.1 Å². The highest BCUT2D eigenvalue weighted by Crippen LogP contribution is 2.33. The van der Waals surface area contributed by atoms with Crippen molar-refractivity contribution >= 4 is 38.2 Å². The number of halogens is 1. The Hall–Kier alpha value is -1.10. The van der Waals surface area contributed by atoms with Crippen LogP contribution < -0.4 is 5.32 Å². The number of hydrogen-bond donors (Lipinski definition) is 1. The fourth-order valence-corrected chi connectivity index (χ4v) is 3.68. The van der Waals surface area contributed by atoms with Gasteiger partial charge in [-0.05, 0) is 46.7 Å². The number of hydrogen-bond acceptors (Lipinski definition) is 3. The Balaban J connectivity index is 2.03. The zero-order valence-corrected chi connectivity index (χ0v) is 12.9. The number of para-hydroxylation sites is 1. The first-order valence-electron chi connectivity index (χ1n) is 6.25. The molecule has 1 atom stereocenters. The predicted octanol–water partition coefficient (Wildman–Crippen LogP) is 4.96. The summed E-state index contributed by atoms with van der Waals surface area (Å²) in [5, 5.41) is 4.63. The third-order valence-corrected chi connectivity index (χ3v) is 4.70. The van der Waals surface area contributed by atoms with E-state index in [1.54, 1.807) is 11.3 Å². The quantitative estimate of drug-likeness (QED) is 0.729. The average Bonchev–Trinajstić information content (AvgIpc) is 3.01. The molecule has 0 spiro atoms. The maximum absolute atomic E-state index is 5.98. The van der Waals surface area contributed by atoms with Gasteiger partial charge in [-0.3, -0.25) is 0 Å². The largest absolute Gasteiger partial charge is 0.459 e. The highest BCUT2D eigenvalue weighted by Gasteiger charge is 2.19. The average molecular weight is 336 g/mol. The van der Waals surface area contributed by atoms with E-state index < -0.39 is 0 Å². The van der Waals surface area contributed by atoms with Gasteiger partial charge in [-0.25, -0.2) is 0 Å². The second kappa shape index (κ2) is 5.49. The van der Waals surface area contributed by atoms with Crippen LogP contribution in [0.3, 0.4) is 0 Å². The van der Waals surface area contributed by atoms with E-state index >= 15 is 0 Å². The number of nitrogens with one attached hydrogen (secondary N) is 1. The van der Waals surface area contributed by atoms with Gasteiger partial charge in [0.15, 0.2) is 0 Å². The molecule has 0 saturated heterocycles. The highest BCUT2D eigenvalue weighted by atomic mass is 79.9. The first-order chi connectivity index (χ1) is 9.28. The lowest BCUT2D eigenvalue weighted by molar-refractivity contribution is 0.481. The zero-order valence-electron chi connectivity index (χ0n) is 10.5. The minimum absolute atomic E-state index is 0.119. The van der Waals surface area contributed by atoms with Crippen molar-refractivity contribution in [2.75, 3.05) is 6.54 Å². The van der Waals surface area contributed by atoms with Gasteiger partial charge in [-0.15, -0.1) is 11.3 Å². The molecule has 0 radical (unpaired) electrons. The lowest BCUT2D eigenvalue weighted by Crippen LogP contribution is -2.20. The number of fused-ring (bicyclic) bond motifs is 1. The molecule has 0 aliphatic rings. The van der Waals surface area contributed by atoms with E-state index in [-0.39, 0.29) is 6.04 Å². The Labute approximate surface area is 124 Å². The van der Waals surface area contributed by atoms with Crippen molar-refractivity contribution in [1.82, 2.24) is 5.32 Å². The topological polar surface area (TPSA) is 25.2 Å². The van der Waals surface area contributed by atoms with Gasteiger partial charge in [0.05, 0.1) is 3.79 Å². The maximum Gasteiger partial charge on any atom is 0.134 e. The molecule has 2 nitrogen and oxygen atoms in total.